The molecule has 0 aromatic rings. The van der Waals surface area contributed by atoms with E-state index in [0.29, 0.717) is 31.2 Å². The second-order valence-corrected chi connectivity index (χ2v) is 13.6. The Morgan fingerprint density at radius 2 is 1.80 bits per heavy atom. The lowest BCUT2D eigenvalue weighted by Crippen LogP contribution is -2.58. The summed E-state index contributed by atoms with van der Waals surface area (Å²) in [6, 6.07) is 0. The van der Waals surface area contributed by atoms with E-state index < -0.39 is 29.4 Å². The van der Waals surface area contributed by atoms with Crippen LogP contribution in [-0.4, -0.2) is 47.3 Å². The van der Waals surface area contributed by atoms with E-state index in [0.717, 1.165) is 57.8 Å². The number of ketones is 2. The van der Waals surface area contributed by atoms with E-state index in [2.05, 4.69) is 25.2 Å². The number of carbonyl (C=O) groups is 4. The van der Waals surface area contributed by atoms with Gasteiger partial charge in [0.15, 0.2) is 12.4 Å². The number of hydrogen-bond acceptors (Lipinski definition) is 6. The van der Waals surface area contributed by atoms with Crippen molar-refractivity contribution in [2.24, 2.45) is 28.6 Å². The van der Waals surface area contributed by atoms with Crippen molar-refractivity contribution in [3.05, 3.63) is 23.3 Å². The highest BCUT2D eigenvalue weighted by Crippen LogP contribution is 2.67. The van der Waals surface area contributed by atoms with Gasteiger partial charge in [-0.1, -0.05) is 31.1 Å². The van der Waals surface area contributed by atoms with Gasteiger partial charge >= 0.3 is 5.97 Å². The number of Topliss-reactive ketones (excluding diaryl/α,β-unsaturated/α-hetero) is 1. The zero-order chi connectivity index (χ0) is 28.5. The quantitative estimate of drug-likeness (QED) is 0.302. The van der Waals surface area contributed by atoms with Gasteiger partial charge in [-0.25, -0.2) is 0 Å². The topological polar surface area (TPSA) is 110 Å². The van der Waals surface area contributed by atoms with Crippen molar-refractivity contribution in [3.63, 3.8) is 0 Å². The minimum atomic E-state index is -1.51. The standard InChI is InChI=1S/C33H47NO6/c1-31-16-12-24(35)20-23(31)8-9-25-26(31)13-17-32(2)27(25)14-18-33(32,39)28(36)21-40-30(38)11-10-29(37)34-19-15-22-6-4-3-5-7-22/h6,20,25-27,39H,3-5,7-19,21H2,1-2H3,(H,34,37). The molecule has 6 atom stereocenters. The zero-order valence-corrected chi connectivity index (χ0v) is 24.4. The van der Waals surface area contributed by atoms with Crippen molar-refractivity contribution in [3.8, 4) is 0 Å². The highest BCUT2D eigenvalue weighted by atomic mass is 16.5. The number of rotatable bonds is 9. The maximum atomic E-state index is 13.4. The van der Waals surface area contributed by atoms with Crippen molar-refractivity contribution in [1.82, 2.24) is 5.32 Å². The molecule has 2 N–H and O–H groups in total. The first kappa shape index (κ1) is 29.2. The molecular weight excluding hydrogens is 506 g/mol. The third-order valence-electron chi connectivity index (χ3n) is 11.6. The molecule has 0 bridgehead atoms. The zero-order valence-electron chi connectivity index (χ0n) is 24.4. The Kier molecular flexibility index (Phi) is 8.43. The lowest BCUT2D eigenvalue weighted by atomic mass is 9.46. The highest BCUT2D eigenvalue weighted by molar-refractivity contribution is 5.92. The molecule has 6 unspecified atom stereocenters. The van der Waals surface area contributed by atoms with E-state index in [-0.39, 0.29) is 35.9 Å². The maximum absolute atomic E-state index is 13.4. The molecule has 0 radical (unpaired) electrons. The Hall–Kier alpha value is -2.28. The summed E-state index contributed by atoms with van der Waals surface area (Å²) in [5.41, 5.74) is 0.683. The van der Waals surface area contributed by atoms with Crippen molar-refractivity contribution in [2.75, 3.05) is 13.2 Å². The number of amides is 1. The number of ether oxygens (including phenoxy) is 1. The molecule has 5 aliphatic carbocycles. The van der Waals surface area contributed by atoms with Crippen molar-refractivity contribution in [1.29, 1.82) is 0 Å². The summed E-state index contributed by atoms with van der Waals surface area (Å²) < 4.78 is 5.28. The van der Waals surface area contributed by atoms with Gasteiger partial charge in [-0.05, 0) is 106 Å². The predicted molar refractivity (Wildman–Crippen MR) is 151 cm³/mol. The van der Waals surface area contributed by atoms with Gasteiger partial charge in [0.2, 0.25) is 11.7 Å². The SMILES string of the molecule is CC12CCC(=O)C=C1CCC1C2CCC2(C)C1CCC2(O)C(=O)COC(=O)CCC(=O)NCCC1=CCCCC1. The van der Waals surface area contributed by atoms with Gasteiger partial charge < -0.3 is 15.2 Å². The van der Waals surface area contributed by atoms with Crippen LogP contribution in [0.1, 0.15) is 110 Å². The first-order chi connectivity index (χ1) is 19.1. The number of fused-ring (bicyclic) bond motifs is 5. The fourth-order valence-electron chi connectivity index (χ4n) is 9.17. The van der Waals surface area contributed by atoms with Gasteiger partial charge in [-0.3, -0.25) is 19.2 Å². The third-order valence-corrected chi connectivity index (χ3v) is 11.6. The fraction of sp³-hybridized carbons (Fsp3) is 0.758. The monoisotopic (exact) mass is 553 g/mol. The summed E-state index contributed by atoms with van der Waals surface area (Å²) in [6.45, 7) is 4.51. The number of hydrogen-bond donors (Lipinski definition) is 2. The number of carbonyl (C=O) groups excluding carboxylic acids is 4. The second-order valence-electron chi connectivity index (χ2n) is 13.6. The first-order valence-electron chi connectivity index (χ1n) is 15.7. The van der Waals surface area contributed by atoms with E-state index in [1.54, 1.807) is 0 Å². The third kappa shape index (κ3) is 5.35. The molecule has 0 heterocycles. The molecule has 0 aliphatic heterocycles. The van der Waals surface area contributed by atoms with Gasteiger partial charge in [0.1, 0.15) is 5.60 Å². The molecular formula is C33H47NO6. The molecule has 0 spiro atoms. The molecule has 0 aromatic carbocycles. The lowest BCUT2D eigenvalue weighted by Gasteiger charge is -2.58. The van der Waals surface area contributed by atoms with Crippen LogP contribution in [0.5, 0.6) is 0 Å². The van der Waals surface area contributed by atoms with Crippen LogP contribution >= 0.6 is 0 Å². The number of allylic oxidation sites excluding steroid dienone is 2. The van der Waals surface area contributed by atoms with Crippen LogP contribution in [0.2, 0.25) is 0 Å². The van der Waals surface area contributed by atoms with Crippen LogP contribution in [0, 0.1) is 28.6 Å². The van der Waals surface area contributed by atoms with Crippen LogP contribution in [0.25, 0.3) is 0 Å². The van der Waals surface area contributed by atoms with Gasteiger partial charge in [0, 0.05) is 24.8 Å². The molecule has 220 valence electrons. The minimum Gasteiger partial charge on any atom is -0.458 e. The number of aliphatic hydroxyl groups is 1. The van der Waals surface area contributed by atoms with Gasteiger partial charge in [-0.2, -0.15) is 0 Å². The summed E-state index contributed by atoms with van der Waals surface area (Å²) in [6.07, 6.45) is 15.9. The van der Waals surface area contributed by atoms with Gasteiger partial charge in [0.05, 0.1) is 6.42 Å². The number of esters is 1. The van der Waals surface area contributed by atoms with Crippen LogP contribution in [0.3, 0.4) is 0 Å². The number of nitrogens with one attached hydrogen (secondary N) is 1. The molecule has 7 nitrogen and oxygen atoms in total. The molecule has 40 heavy (non-hydrogen) atoms. The normalized spacial score (nSPS) is 36.9. The van der Waals surface area contributed by atoms with E-state index in [9.17, 15) is 24.3 Å². The van der Waals surface area contributed by atoms with E-state index >= 15 is 0 Å². The maximum Gasteiger partial charge on any atom is 0.306 e. The van der Waals surface area contributed by atoms with Crippen LogP contribution in [0.15, 0.2) is 23.3 Å². The van der Waals surface area contributed by atoms with Crippen LogP contribution in [-0.2, 0) is 23.9 Å². The second kappa shape index (κ2) is 11.5. The van der Waals surface area contributed by atoms with Crippen molar-refractivity contribution >= 4 is 23.4 Å². The van der Waals surface area contributed by atoms with Gasteiger partial charge in [0.25, 0.3) is 0 Å². The summed E-state index contributed by atoms with van der Waals surface area (Å²) in [4.78, 5) is 50.0. The Bertz CT molecular complexity index is 1110. The average Bonchev–Trinajstić information content (AvgIpc) is 3.23. The average molecular weight is 554 g/mol. The van der Waals surface area contributed by atoms with Crippen molar-refractivity contribution in [2.45, 2.75) is 116 Å². The Morgan fingerprint density at radius 3 is 2.58 bits per heavy atom. The summed E-state index contributed by atoms with van der Waals surface area (Å²) in [7, 11) is 0. The highest BCUT2D eigenvalue weighted by Gasteiger charge is 2.66. The molecule has 5 aliphatic rings. The summed E-state index contributed by atoms with van der Waals surface area (Å²) >= 11 is 0. The van der Waals surface area contributed by atoms with E-state index in [1.165, 1.54) is 24.0 Å². The summed E-state index contributed by atoms with van der Waals surface area (Å²) in [5.74, 6) is 0.181. The largest absolute Gasteiger partial charge is 0.458 e. The smallest absolute Gasteiger partial charge is 0.306 e. The molecule has 0 saturated heterocycles. The van der Waals surface area contributed by atoms with E-state index in [4.69, 9.17) is 4.74 Å². The predicted octanol–water partition coefficient (Wildman–Crippen LogP) is 5.15. The lowest BCUT2D eigenvalue weighted by molar-refractivity contribution is -0.170. The van der Waals surface area contributed by atoms with Crippen LogP contribution < -0.4 is 5.32 Å². The molecule has 7 heteroatoms. The molecule has 1 amide bonds. The Morgan fingerprint density at radius 1 is 1.00 bits per heavy atom. The van der Waals surface area contributed by atoms with Crippen LogP contribution in [0.4, 0.5) is 0 Å². The summed E-state index contributed by atoms with van der Waals surface area (Å²) in [5, 5.41) is 14.7. The first-order valence-corrected chi connectivity index (χ1v) is 15.7. The molecule has 3 saturated carbocycles. The Balaban J connectivity index is 1.11. The molecule has 0 aromatic heterocycles. The van der Waals surface area contributed by atoms with E-state index in [1.807, 2.05) is 6.08 Å². The fourth-order valence-corrected chi connectivity index (χ4v) is 9.17. The van der Waals surface area contributed by atoms with Gasteiger partial charge in [-0.15, -0.1) is 0 Å². The molecule has 5 rings (SSSR count). The molecule has 3 fully saturated rings. The van der Waals surface area contributed by atoms with Crippen molar-refractivity contribution < 1.29 is 29.0 Å². The Labute approximate surface area is 238 Å². The minimum absolute atomic E-state index is 0.0278.